The fourth-order valence-corrected chi connectivity index (χ4v) is 1.47. The summed E-state index contributed by atoms with van der Waals surface area (Å²) in [6.07, 6.45) is 0. The number of carbonyl (C=O) groups excluding carboxylic acids is 1. The summed E-state index contributed by atoms with van der Waals surface area (Å²) in [6, 6.07) is 3.71. The lowest BCUT2D eigenvalue weighted by Gasteiger charge is -2.22. The lowest BCUT2D eigenvalue weighted by Crippen LogP contribution is -2.40. The number of hydrogen-bond donors (Lipinski definition) is 3. The highest BCUT2D eigenvalue weighted by molar-refractivity contribution is 5.96. The van der Waals surface area contributed by atoms with E-state index in [1.165, 1.54) is 33.0 Å². The Balaban J connectivity index is 3.29. The molecule has 8 nitrogen and oxygen atoms in total. The second-order valence-electron chi connectivity index (χ2n) is 4.62. The van der Waals surface area contributed by atoms with Gasteiger partial charge >= 0.3 is 5.97 Å². The van der Waals surface area contributed by atoms with Crippen molar-refractivity contribution in [2.75, 3.05) is 12.4 Å². The van der Waals surface area contributed by atoms with E-state index in [1.807, 2.05) is 0 Å². The van der Waals surface area contributed by atoms with Crippen LogP contribution >= 0.6 is 0 Å². The molecule has 0 bridgehead atoms. The van der Waals surface area contributed by atoms with Crippen LogP contribution in [0.1, 0.15) is 24.2 Å². The molecule has 20 heavy (non-hydrogen) atoms. The molecule has 0 aliphatic carbocycles. The van der Waals surface area contributed by atoms with Crippen molar-refractivity contribution in [2.24, 2.45) is 0 Å². The van der Waals surface area contributed by atoms with Crippen LogP contribution in [0.5, 0.6) is 0 Å². The molecule has 0 aliphatic heterocycles. The largest absolute Gasteiger partial charge is 0.480 e. The standard InChI is InChI=1S/C12H15N3O5/c1-12(2,11(17)18)14-8-6-7(10(16)13-3)4-5-9(8)15(19)20/h4-6,14H,1-3H3,(H,13,16)(H,17,18). The molecule has 0 fully saturated rings. The van der Waals surface area contributed by atoms with Gasteiger partial charge in [0.2, 0.25) is 0 Å². The van der Waals surface area contributed by atoms with Gasteiger partial charge in [0.05, 0.1) is 4.92 Å². The lowest BCUT2D eigenvalue weighted by molar-refractivity contribution is -0.384. The minimum Gasteiger partial charge on any atom is -0.480 e. The van der Waals surface area contributed by atoms with Gasteiger partial charge in [-0.05, 0) is 26.0 Å². The van der Waals surface area contributed by atoms with Crippen LogP contribution in [0.4, 0.5) is 11.4 Å². The van der Waals surface area contributed by atoms with Crippen molar-refractivity contribution in [3.63, 3.8) is 0 Å². The number of nitro groups is 1. The molecule has 0 atom stereocenters. The summed E-state index contributed by atoms with van der Waals surface area (Å²) in [5.74, 6) is -1.59. The molecular formula is C12H15N3O5. The molecule has 0 heterocycles. The Hall–Kier alpha value is -2.64. The Morgan fingerprint density at radius 1 is 1.35 bits per heavy atom. The number of nitro benzene ring substituents is 1. The molecule has 0 spiro atoms. The molecule has 108 valence electrons. The second-order valence-corrected chi connectivity index (χ2v) is 4.62. The molecule has 0 saturated carbocycles. The number of amides is 1. The Bertz CT molecular complexity index is 568. The van der Waals surface area contributed by atoms with Gasteiger partial charge in [-0.3, -0.25) is 14.9 Å². The van der Waals surface area contributed by atoms with Crippen LogP contribution in [0.3, 0.4) is 0 Å². The number of carboxylic acids is 1. The van der Waals surface area contributed by atoms with Crippen LogP contribution in [0.15, 0.2) is 18.2 Å². The monoisotopic (exact) mass is 281 g/mol. The smallest absolute Gasteiger partial charge is 0.328 e. The zero-order chi connectivity index (χ0) is 15.5. The molecule has 0 saturated heterocycles. The summed E-state index contributed by atoms with van der Waals surface area (Å²) in [4.78, 5) is 32.9. The van der Waals surface area contributed by atoms with E-state index in [-0.39, 0.29) is 16.9 Å². The number of carbonyl (C=O) groups is 2. The Kier molecular flexibility index (Phi) is 4.28. The van der Waals surface area contributed by atoms with Crippen LogP contribution in [-0.4, -0.2) is 34.5 Å². The van der Waals surface area contributed by atoms with Gasteiger partial charge in [-0.1, -0.05) is 0 Å². The van der Waals surface area contributed by atoms with Gasteiger partial charge in [0.1, 0.15) is 11.2 Å². The number of anilines is 1. The Morgan fingerprint density at radius 2 is 1.95 bits per heavy atom. The number of carboxylic acid groups (broad SMARTS) is 1. The summed E-state index contributed by atoms with van der Waals surface area (Å²) in [5.41, 5.74) is -1.54. The van der Waals surface area contributed by atoms with Crippen LogP contribution in [0, 0.1) is 10.1 Å². The van der Waals surface area contributed by atoms with Crippen molar-refractivity contribution in [1.29, 1.82) is 0 Å². The van der Waals surface area contributed by atoms with Crippen molar-refractivity contribution in [1.82, 2.24) is 5.32 Å². The van der Waals surface area contributed by atoms with Crippen molar-refractivity contribution in [3.8, 4) is 0 Å². The highest BCUT2D eigenvalue weighted by Gasteiger charge is 2.30. The van der Waals surface area contributed by atoms with Gasteiger partial charge in [0.15, 0.2) is 0 Å². The molecular weight excluding hydrogens is 266 g/mol. The summed E-state index contributed by atoms with van der Waals surface area (Å²) < 4.78 is 0. The first-order chi connectivity index (χ1) is 9.19. The molecule has 0 unspecified atom stereocenters. The third kappa shape index (κ3) is 3.22. The predicted molar refractivity (Wildman–Crippen MR) is 71.8 cm³/mol. The number of hydrogen-bond acceptors (Lipinski definition) is 5. The third-order valence-electron chi connectivity index (χ3n) is 2.66. The van der Waals surface area contributed by atoms with Gasteiger partial charge in [0, 0.05) is 18.7 Å². The second kappa shape index (κ2) is 5.55. The van der Waals surface area contributed by atoms with E-state index in [4.69, 9.17) is 5.11 Å². The molecule has 1 rings (SSSR count). The van der Waals surface area contributed by atoms with Crippen LogP contribution in [0.2, 0.25) is 0 Å². The quantitative estimate of drug-likeness (QED) is 0.551. The molecule has 1 aromatic rings. The summed E-state index contributed by atoms with van der Waals surface area (Å²) in [7, 11) is 1.43. The van der Waals surface area contributed by atoms with Crippen molar-refractivity contribution >= 4 is 23.3 Å². The van der Waals surface area contributed by atoms with E-state index in [0.29, 0.717) is 0 Å². The van der Waals surface area contributed by atoms with Gasteiger partial charge < -0.3 is 15.7 Å². The minimum atomic E-state index is -1.41. The lowest BCUT2D eigenvalue weighted by atomic mass is 10.0. The van der Waals surface area contributed by atoms with E-state index in [0.717, 1.165) is 6.07 Å². The normalized spacial score (nSPS) is 10.8. The highest BCUT2D eigenvalue weighted by Crippen LogP contribution is 2.28. The molecule has 0 aliphatic rings. The van der Waals surface area contributed by atoms with Crippen molar-refractivity contribution in [2.45, 2.75) is 19.4 Å². The molecule has 0 radical (unpaired) electrons. The zero-order valence-electron chi connectivity index (χ0n) is 11.3. The van der Waals surface area contributed by atoms with Crippen molar-refractivity contribution in [3.05, 3.63) is 33.9 Å². The topological polar surface area (TPSA) is 122 Å². The number of aliphatic carboxylic acids is 1. The van der Waals surface area contributed by atoms with Crippen LogP contribution in [-0.2, 0) is 4.79 Å². The SMILES string of the molecule is CNC(=O)c1ccc([N+](=O)[O-])c(NC(C)(C)C(=O)O)c1. The Morgan fingerprint density at radius 3 is 2.40 bits per heavy atom. The zero-order valence-corrected chi connectivity index (χ0v) is 11.3. The number of nitrogens with one attached hydrogen (secondary N) is 2. The summed E-state index contributed by atoms with van der Waals surface area (Å²) in [5, 5.41) is 24.9. The number of benzene rings is 1. The fourth-order valence-electron chi connectivity index (χ4n) is 1.47. The van der Waals surface area contributed by atoms with Crippen LogP contribution < -0.4 is 10.6 Å². The van der Waals surface area contributed by atoms with Gasteiger partial charge in [-0.25, -0.2) is 4.79 Å². The Labute approximate surface area is 114 Å². The first-order valence-corrected chi connectivity index (χ1v) is 5.71. The van der Waals surface area contributed by atoms with Crippen molar-refractivity contribution < 1.29 is 19.6 Å². The molecule has 1 amide bonds. The first kappa shape index (κ1) is 15.4. The number of rotatable bonds is 5. The highest BCUT2D eigenvalue weighted by atomic mass is 16.6. The average Bonchev–Trinajstić information content (AvgIpc) is 2.36. The maximum atomic E-state index is 11.5. The first-order valence-electron chi connectivity index (χ1n) is 5.71. The van der Waals surface area contributed by atoms with Gasteiger partial charge in [-0.2, -0.15) is 0 Å². The van der Waals surface area contributed by atoms with Gasteiger partial charge in [0.25, 0.3) is 11.6 Å². The minimum absolute atomic E-state index is 0.0245. The fraction of sp³-hybridized carbons (Fsp3) is 0.333. The molecule has 8 heteroatoms. The predicted octanol–water partition coefficient (Wildman–Crippen LogP) is 1.23. The van der Waals surface area contributed by atoms with Crippen LogP contribution in [0.25, 0.3) is 0 Å². The maximum Gasteiger partial charge on any atom is 0.328 e. The molecule has 3 N–H and O–H groups in total. The van der Waals surface area contributed by atoms with E-state index < -0.39 is 22.3 Å². The summed E-state index contributed by atoms with van der Waals surface area (Å²) >= 11 is 0. The van der Waals surface area contributed by atoms with Gasteiger partial charge in [-0.15, -0.1) is 0 Å². The van der Waals surface area contributed by atoms with E-state index >= 15 is 0 Å². The average molecular weight is 281 g/mol. The number of nitrogens with zero attached hydrogens (tertiary/aromatic N) is 1. The molecule has 0 aromatic heterocycles. The third-order valence-corrected chi connectivity index (χ3v) is 2.66. The van der Waals surface area contributed by atoms with E-state index in [9.17, 15) is 19.7 Å². The van der Waals surface area contributed by atoms with E-state index in [1.54, 1.807) is 0 Å². The van der Waals surface area contributed by atoms with E-state index in [2.05, 4.69) is 10.6 Å². The molecule has 1 aromatic carbocycles. The maximum absolute atomic E-state index is 11.5. The summed E-state index contributed by atoms with van der Waals surface area (Å²) in [6.45, 7) is 2.73.